The molecule has 0 aliphatic heterocycles. The van der Waals surface area contributed by atoms with Crippen molar-refractivity contribution < 1.29 is 0 Å². The molecule has 2 heterocycles. The maximum Gasteiger partial charge on any atom is 0.164 e. The van der Waals surface area contributed by atoms with Crippen molar-refractivity contribution in [2.24, 2.45) is 23.7 Å². The molecule has 64 heavy (non-hydrogen) atoms. The third-order valence-electron chi connectivity index (χ3n) is 14.8. The van der Waals surface area contributed by atoms with Crippen LogP contribution >= 0.6 is 0 Å². The van der Waals surface area contributed by atoms with Crippen molar-refractivity contribution >= 4 is 0 Å². The van der Waals surface area contributed by atoms with Crippen LogP contribution in [0, 0.1) is 23.7 Å². The standard InChI is InChI=1S/C58H44N6/c1-5-14-38(15-6-1)52-59-53(39-16-7-2-8-17-39)62-56(61-52)44-23-13-22-42(33-44)43-24-26-48-49-34-45(25-27-50(49)58(51(48)35-43)46-29-36-28-37(31-46)32-47(58)30-36)57-63-54(40-18-9-3-10-19-40)60-55(64-57)41-20-11-4-12-21-41/h1-27,33-37,46-47H,28-32H2. The third-order valence-corrected chi connectivity index (χ3v) is 14.8. The van der Waals surface area contributed by atoms with Crippen LogP contribution in [0.1, 0.15) is 43.2 Å². The van der Waals surface area contributed by atoms with Crippen molar-refractivity contribution in [3.05, 3.63) is 193 Å². The van der Waals surface area contributed by atoms with E-state index in [1.165, 1.54) is 59.9 Å². The smallest absolute Gasteiger partial charge is 0.164 e. The molecule has 0 atom stereocenters. The zero-order valence-corrected chi connectivity index (χ0v) is 35.3. The van der Waals surface area contributed by atoms with Gasteiger partial charge in [-0.1, -0.05) is 164 Å². The Hall–Kier alpha value is -7.44. The molecule has 0 unspecified atom stereocenters. The Kier molecular flexibility index (Phi) is 8.61. The monoisotopic (exact) mass is 824 g/mol. The summed E-state index contributed by atoms with van der Waals surface area (Å²) in [4.78, 5) is 30.4. The topological polar surface area (TPSA) is 77.3 Å². The summed E-state index contributed by atoms with van der Waals surface area (Å²) in [6, 6.07) is 64.1. The molecule has 0 radical (unpaired) electrons. The average Bonchev–Trinajstić information content (AvgIpc) is 3.65. The van der Waals surface area contributed by atoms with Crippen LogP contribution in [0.2, 0.25) is 0 Å². The lowest BCUT2D eigenvalue weighted by molar-refractivity contribution is -0.0399. The Morgan fingerprint density at radius 1 is 0.281 bits per heavy atom. The average molecular weight is 825 g/mol. The van der Waals surface area contributed by atoms with E-state index in [2.05, 4.69) is 109 Å². The first-order chi connectivity index (χ1) is 31.6. The molecule has 4 saturated carbocycles. The van der Waals surface area contributed by atoms with Crippen LogP contribution in [0.4, 0.5) is 0 Å². The van der Waals surface area contributed by atoms with Crippen molar-refractivity contribution in [1.82, 2.24) is 29.9 Å². The second kappa shape index (κ2) is 14.8. The molecular formula is C58H44N6. The number of benzene rings is 7. The first-order valence-electron chi connectivity index (χ1n) is 22.8. The van der Waals surface area contributed by atoms with E-state index in [0.29, 0.717) is 46.8 Å². The molecule has 0 amide bonds. The van der Waals surface area contributed by atoms with E-state index >= 15 is 0 Å². The molecule has 4 bridgehead atoms. The van der Waals surface area contributed by atoms with Crippen LogP contribution in [0.15, 0.2) is 182 Å². The molecule has 0 saturated heterocycles. The minimum atomic E-state index is -0.0167. The lowest BCUT2D eigenvalue weighted by Gasteiger charge is -2.61. The first-order valence-corrected chi connectivity index (χ1v) is 22.8. The molecular weight excluding hydrogens is 781 g/mol. The number of nitrogens with zero attached hydrogens (tertiary/aromatic N) is 6. The van der Waals surface area contributed by atoms with E-state index in [9.17, 15) is 0 Å². The molecule has 9 aromatic rings. The Balaban J connectivity index is 0.946. The lowest BCUT2D eigenvalue weighted by Crippen LogP contribution is -2.55. The molecule has 6 nitrogen and oxygen atoms in total. The zero-order valence-electron chi connectivity index (χ0n) is 35.3. The van der Waals surface area contributed by atoms with Crippen molar-refractivity contribution in [2.75, 3.05) is 0 Å². The van der Waals surface area contributed by atoms with Crippen molar-refractivity contribution in [3.63, 3.8) is 0 Å². The summed E-state index contributed by atoms with van der Waals surface area (Å²) in [6.07, 6.45) is 6.67. The van der Waals surface area contributed by atoms with Crippen LogP contribution in [-0.4, -0.2) is 29.9 Å². The van der Waals surface area contributed by atoms with Gasteiger partial charge in [-0.15, -0.1) is 0 Å². The molecule has 0 N–H and O–H groups in total. The van der Waals surface area contributed by atoms with Crippen molar-refractivity contribution in [3.8, 4) is 90.6 Å². The summed E-state index contributed by atoms with van der Waals surface area (Å²) in [7, 11) is 0. The highest BCUT2D eigenvalue weighted by atomic mass is 15.0. The Labute approximate surface area is 373 Å². The molecule has 5 aliphatic rings. The summed E-state index contributed by atoms with van der Waals surface area (Å²) in [5, 5.41) is 0. The predicted molar refractivity (Wildman–Crippen MR) is 255 cm³/mol. The molecule has 1 spiro atoms. The second-order valence-corrected chi connectivity index (χ2v) is 18.4. The molecule has 14 rings (SSSR count). The minimum absolute atomic E-state index is 0.0167. The van der Waals surface area contributed by atoms with Gasteiger partial charge in [-0.25, -0.2) is 29.9 Å². The number of hydrogen-bond donors (Lipinski definition) is 0. The Morgan fingerprint density at radius 2 is 0.656 bits per heavy atom. The van der Waals surface area contributed by atoms with E-state index in [4.69, 9.17) is 29.9 Å². The number of hydrogen-bond acceptors (Lipinski definition) is 6. The van der Waals surface area contributed by atoms with Crippen LogP contribution in [0.3, 0.4) is 0 Å². The molecule has 4 fully saturated rings. The maximum absolute atomic E-state index is 5.15. The molecule has 7 aromatic carbocycles. The minimum Gasteiger partial charge on any atom is -0.208 e. The van der Waals surface area contributed by atoms with Crippen LogP contribution in [0.25, 0.3) is 90.6 Å². The molecule has 5 aliphatic carbocycles. The van der Waals surface area contributed by atoms with Gasteiger partial charge >= 0.3 is 0 Å². The lowest BCUT2D eigenvalue weighted by atomic mass is 9.43. The Morgan fingerprint density at radius 3 is 1.12 bits per heavy atom. The summed E-state index contributed by atoms with van der Waals surface area (Å²) >= 11 is 0. The summed E-state index contributed by atoms with van der Waals surface area (Å²) in [5.74, 6) is 6.99. The van der Waals surface area contributed by atoms with Gasteiger partial charge in [0.05, 0.1) is 0 Å². The first kappa shape index (κ1) is 37.1. The van der Waals surface area contributed by atoms with E-state index < -0.39 is 0 Å². The molecule has 306 valence electrons. The van der Waals surface area contributed by atoms with Gasteiger partial charge in [0.25, 0.3) is 0 Å². The highest BCUT2D eigenvalue weighted by Gasteiger charge is 2.61. The summed E-state index contributed by atoms with van der Waals surface area (Å²) < 4.78 is 0. The van der Waals surface area contributed by atoms with Gasteiger partial charge in [-0.2, -0.15) is 0 Å². The number of fused-ring (bicyclic) bond motifs is 3. The predicted octanol–water partition coefficient (Wildman–Crippen LogP) is 13.4. The second-order valence-electron chi connectivity index (χ2n) is 18.4. The van der Waals surface area contributed by atoms with E-state index in [-0.39, 0.29) is 5.41 Å². The third kappa shape index (κ3) is 6.07. The fourth-order valence-electron chi connectivity index (χ4n) is 12.2. The maximum atomic E-state index is 5.15. The molecule has 6 heteroatoms. The van der Waals surface area contributed by atoms with E-state index in [1.54, 1.807) is 0 Å². The number of rotatable bonds is 7. The zero-order chi connectivity index (χ0) is 42.2. The van der Waals surface area contributed by atoms with Crippen LogP contribution in [0.5, 0.6) is 0 Å². The van der Waals surface area contributed by atoms with Crippen LogP contribution < -0.4 is 0 Å². The van der Waals surface area contributed by atoms with Gasteiger partial charge in [-0.05, 0) is 107 Å². The quantitative estimate of drug-likeness (QED) is 0.159. The van der Waals surface area contributed by atoms with Gasteiger partial charge in [0, 0.05) is 38.8 Å². The van der Waals surface area contributed by atoms with Crippen LogP contribution in [-0.2, 0) is 5.41 Å². The van der Waals surface area contributed by atoms with Gasteiger partial charge in [-0.3, -0.25) is 0 Å². The summed E-state index contributed by atoms with van der Waals surface area (Å²) in [5.41, 5.74) is 13.9. The van der Waals surface area contributed by atoms with Crippen molar-refractivity contribution in [1.29, 1.82) is 0 Å². The fraction of sp³-hybridized carbons (Fsp3) is 0.172. The van der Waals surface area contributed by atoms with E-state index in [1.807, 2.05) is 72.8 Å². The molecule has 2 aromatic heterocycles. The highest BCUT2D eigenvalue weighted by Crippen LogP contribution is 2.69. The largest absolute Gasteiger partial charge is 0.208 e. The number of aromatic nitrogens is 6. The van der Waals surface area contributed by atoms with Crippen molar-refractivity contribution in [2.45, 2.75) is 37.5 Å². The van der Waals surface area contributed by atoms with Gasteiger partial charge in [0.2, 0.25) is 0 Å². The highest BCUT2D eigenvalue weighted by molar-refractivity contribution is 5.87. The SMILES string of the molecule is c1ccc(-c2nc(-c3ccccc3)nc(-c3cccc(-c4ccc5c(c4)C4(c6ccc(-c7nc(-c8ccccc8)nc(-c8ccccc8)n7)cc6-5)C5CC6CC(C5)CC4C6)c3)n2)cc1. The fourth-order valence-corrected chi connectivity index (χ4v) is 12.2. The normalized spacial score (nSPS) is 21.2. The van der Waals surface area contributed by atoms with Gasteiger partial charge in [0.15, 0.2) is 34.9 Å². The Bertz CT molecular complexity index is 3080. The van der Waals surface area contributed by atoms with Gasteiger partial charge in [0.1, 0.15) is 0 Å². The summed E-state index contributed by atoms with van der Waals surface area (Å²) in [6.45, 7) is 0. The van der Waals surface area contributed by atoms with Gasteiger partial charge < -0.3 is 0 Å². The van der Waals surface area contributed by atoms with E-state index in [0.717, 1.165) is 50.8 Å².